The lowest BCUT2D eigenvalue weighted by Crippen LogP contribution is -2.49. The van der Waals surface area contributed by atoms with Crippen molar-refractivity contribution in [1.82, 2.24) is 9.80 Å². The lowest BCUT2D eigenvalue weighted by molar-refractivity contribution is 0.0168. The number of halogens is 1. The summed E-state index contributed by atoms with van der Waals surface area (Å²) in [6.07, 6.45) is 1.75. The maximum atomic E-state index is 14.2. The Labute approximate surface area is 184 Å². The van der Waals surface area contributed by atoms with Crippen LogP contribution in [0.25, 0.3) is 0 Å². The van der Waals surface area contributed by atoms with E-state index in [0.29, 0.717) is 5.92 Å². The van der Waals surface area contributed by atoms with Crippen LogP contribution in [0, 0.1) is 11.7 Å². The molecule has 0 spiro atoms. The van der Waals surface area contributed by atoms with Crippen LogP contribution >= 0.6 is 0 Å². The topological polar surface area (TPSA) is 62.3 Å². The molecule has 0 unspecified atom stereocenters. The molecule has 7 nitrogen and oxygen atoms in total. The number of likely N-dealkylation sites (tertiary alicyclic amines) is 1. The summed E-state index contributed by atoms with van der Waals surface area (Å²) in [6.45, 7) is 11.6. The van der Waals surface area contributed by atoms with E-state index in [1.54, 1.807) is 6.07 Å². The minimum Gasteiger partial charge on any atom is -0.465 e. The van der Waals surface area contributed by atoms with Gasteiger partial charge in [-0.25, -0.2) is 14.0 Å². The van der Waals surface area contributed by atoms with Crippen molar-refractivity contribution in [2.75, 3.05) is 57.8 Å². The number of benzene rings is 1. The van der Waals surface area contributed by atoms with Gasteiger partial charge in [-0.1, -0.05) is 0 Å². The highest BCUT2D eigenvalue weighted by atomic mass is 19.1. The van der Waals surface area contributed by atoms with Crippen molar-refractivity contribution in [3.63, 3.8) is 0 Å². The predicted octanol–water partition coefficient (Wildman–Crippen LogP) is 3.38. The molecule has 2 aliphatic heterocycles. The molecular formula is C23H34FN3O4. The zero-order chi connectivity index (χ0) is 22.6. The van der Waals surface area contributed by atoms with E-state index >= 15 is 0 Å². The lowest BCUT2D eigenvalue weighted by Gasteiger charge is -2.39. The monoisotopic (exact) mass is 435 g/mol. The van der Waals surface area contributed by atoms with Crippen molar-refractivity contribution in [3.05, 3.63) is 29.6 Å². The van der Waals surface area contributed by atoms with Crippen LogP contribution in [0.5, 0.6) is 0 Å². The maximum absolute atomic E-state index is 14.2. The zero-order valence-electron chi connectivity index (χ0n) is 19.0. The second-order valence-corrected chi connectivity index (χ2v) is 9.35. The van der Waals surface area contributed by atoms with Crippen molar-refractivity contribution >= 4 is 17.7 Å². The molecule has 0 aliphatic carbocycles. The molecule has 0 atom stereocenters. The molecule has 2 saturated heterocycles. The van der Waals surface area contributed by atoms with Gasteiger partial charge < -0.3 is 19.3 Å². The van der Waals surface area contributed by atoms with Crippen LogP contribution in [-0.4, -0.2) is 80.4 Å². The SMILES string of the molecule is COC(=O)c1ccc(N2CCN(CC3CCN(C(=O)OC(C)(C)C)CC3)CC2)cc1F. The third kappa shape index (κ3) is 6.32. The molecule has 8 heteroatoms. The molecule has 0 bridgehead atoms. The van der Waals surface area contributed by atoms with Gasteiger partial charge in [0.2, 0.25) is 0 Å². The summed E-state index contributed by atoms with van der Waals surface area (Å²) in [5, 5.41) is 0. The van der Waals surface area contributed by atoms with Gasteiger partial charge in [0.15, 0.2) is 0 Å². The van der Waals surface area contributed by atoms with E-state index in [0.717, 1.165) is 64.3 Å². The molecule has 1 aromatic carbocycles. The maximum Gasteiger partial charge on any atom is 0.410 e. The van der Waals surface area contributed by atoms with Gasteiger partial charge in [0, 0.05) is 51.5 Å². The van der Waals surface area contributed by atoms with Crippen molar-refractivity contribution in [2.24, 2.45) is 5.92 Å². The van der Waals surface area contributed by atoms with E-state index in [1.807, 2.05) is 25.7 Å². The third-order valence-corrected chi connectivity index (χ3v) is 5.88. The average Bonchev–Trinajstić information content (AvgIpc) is 2.73. The summed E-state index contributed by atoms with van der Waals surface area (Å²) in [7, 11) is 1.25. The molecule has 1 amide bonds. The third-order valence-electron chi connectivity index (χ3n) is 5.88. The van der Waals surface area contributed by atoms with Crippen molar-refractivity contribution in [1.29, 1.82) is 0 Å². The fourth-order valence-electron chi connectivity index (χ4n) is 4.15. The molecule has 0 saturated carbocycles. The molecule has 31 heavy (non-hydrogen) atoms. The Bertz CT molecular complexity index is 780. The summed E-state index contributed by atoms with van der Waals surface area (Å²) < 4.78 is 24.3. The number of hydrogen-bond donors (Lipinski definition) is 0. The van der Waals surface area contributed by atoms with E-state index < -0.39 is 17.4 Å². The van der Waals surface area contributed by atoms with Gasteiger partial charge in [0.05, 0.1) is 12.7 Å². The van der Waals surface area contributed by atoms with Crippen LogP contribution in [0.15, 0.2) is 18.2 Å². The van der Waals surface area contributed by atoms with Gasteiger partial charge in [0.25, 0.3) is 0 Å². The van der Waals surface area contributed by atoms with Crippen LogP contribution in [0.4, 0.5) is 14.9 Å². The molecule has 1 aromatic rings. The van der Waals surface area contributed by atoms with E-state index in [4.69, 9.17) is 4.74 Å². The number of carbonyl (C=O) groups excluding carboxylic acids is 2. The fraction of sp³-hybridized carbons (Fsp3) is 0.652. The van der Waals surface area contributed by atoms with Crippen molar-refractivity contribution in [3.8, 4) is 0 Å². The Morgan fingerprint density at radius 3 is 2.26 bits per heavy atom. The summed E-state index contributed by atoms with van der Waals surface area (Å²) in [5.74, 6) is -0.642. The van der Waals surface area contributed by atoms with E-state index in [2.05, 4.69) is 14.5 Å². The number of methoxy groups -OCH3 is 1. The smallest absolute Gasteiger partial charge is 0.410 e. The minimum absolute atomic E-state index is 0.0393. The summed E-state index contributed by atoms with van der Waals surface area (Å²) in [5.41, 5.74) is 0.286. The molecule has 3 rings (SSSR count). The quantitative estimate of drug-likeness (QED) is 0.676. The van der Waals surface area contributed by atoms with Gasteiger partial charge in [-0.15, -0.1) is 0 Å². The Morgan fingerprint density at radius 1 is 1.06 bits per heavy atom. The van der Waals surface area contributed by atoms with Gasteiger partial charge in [0.1, 0.15) is 11.4 Å². The zero-order valence-corrected chi connectivity index (χ0v) is 19.0. The number of ether oxygens (including phenoxy) is 2. The summed E-state index contributed by atoms with van der Waals surface area (Å²) in [4.78, 5) is 30.2. The first-order valence-corrected chi connectivity index (χ1v) is 11.0. The lowest BCUT2D eigenvalue weighted by atomic mass is 9.96. The van der Waals surface area contributed by atoms with Crippen LogP contribution < -0.4 is 4.90 Å². The second-order valence-electron chi connectivity index (χ2n) is 9.35. The molecule has 172 valence electrons. The molecule has 0 N–H and O–H groups in total. The van der Waals surface area contributed by atoms with E-state index in [1.165, 1.54) is 19.2 Å². The minimum atomic E-state index is -0.661. The van der Waals surface area contributed by atoms with Crippen molar-refractivity contribution in [2.45, 2.75) is 39.2 Å². The van der Waals surface area contributed by atoms with E-state index in [9.17, 15) is 14.0 Å². The van der Waals surface area contributed by atoms with Gasteiger partial charge >= 0.3 is 12.1 Å². The Kier molecular flexibility index (Phi) is 7.41. The molecule has 2 aliphatic rings. The first kappa shape index (κ1) is 23.3. The second kappa shape index (κ2) is 9.85. The molecule has 0 radical (unpaired) electrons. The number of esters is 1. The summed E-state index contributed by atoms with van der Waals surface area (Å²) >= 11 is 0. The average molecular weight is 436 g/mol. The number of piperazine rings is 1. The van der Waals surface area contributed by atoms with Gasteiger partial charge in [-0.2, -0.15) is 0 Å². The van der Waals surface area contributed by atoms with Gasteiger partial charge in [-0.05, 0) is 57.7 Å². The molecular weight excluding hydrogens is 401 g/mol. The molecule has 2 heterocycles. The first-order chi connectivity index (χ1) is 14.7. The normalized spacial score (nSPS) is 18.7. The number of amides is 1. The standard InChI is InChI=1S/C23H34FN3O4/c1-23(2,3)31-22(29)27-9-7-17(8-10-27)16-25-11-13-26(14-12-25)18-5-6-19(20(24)15-18)21(28)30-4/h5-6,15,17H,7-14,16H2,1-4H3. The Morgan fingerprint density at radius 2 is 1.71 bits per heavy atom. The Balaban J connectivity index is 1.43. The Hall–Kier alpha value is -2.35. The van der Waals surface area contributed by atoms with Crippen LogP contribution in [-0.2, 0) is 9.47 Å². The predicted molar refractivity (Wildman–Crippen MR) is 117 cm³/mol. The molecule has 0 aromatic heterocycles. The summed E-state index contributed by atoms with van der Waals surface area (Å²) in [6, 6.07) is 4.67. The van der Waals surface area contributed by atoms with Crippen LogP contribution in [0.3, 0.4) is 0 Å². The van der Waals surface area contributed by atoms with Crippen LogP contribution in [0.2, 0.25) is 0 Å². The number of piperidine rings is 1. The first-order valence-electron chi connectivity index (χ1n) is 11.0. The number of carbonyl (C=O) groups is 2. The van der Waals surface area contributed by atoms with Crippen molar-refractivity contribution < 1.29 is 23.5 Å². The molecule has 2 fully saturated rings. The number of hydrogen-bond acceptors (Lipinski definition) is 6. The highest BCUT2D eigenvalue weighted by Gasteiger charge is 2.28. The fourth-order valence-corrected chi connectivity index (χ4v) is 4.15. The number of rotatable bonds is 4. The highest BCUT2D eigenvalue weighted by molar-refractivity contribution is 5.90. The van der Waals surface area contributed by atoms with Gasteiger partial charge in [-0.3, -0.25) is 4.90 Å². The largest absolute Gasteiger partial charge is 0.465 e. The van der Waals surface area contributed by atoms with E-state index in [-0.39, 0.29) is 11.7 Å². The highest BCUT2D eigenvalue weighted by Crippen LogP contribution is 2.24. The number of nitrogens with zero attached hydrogens (tertiary/aromatic N) is 3. The van der Waals surface area contributed by atoms with Crippen LogP contribution in [0.1, 0.15) is 44.0 Å². The number of anilines is 1.